The maximum Gasteiger partial charge on any atom is 0.271 e. The lowest BCUT2D eigenvalue weighted by atomic mass is 9.93. The van der Waals surface area contributed by atoms with Crippen LogP contribution in [0, 0.1) is 0 Å². The lowest BCUT2D eigenvalue weighted by Crippen LogP contribution is -2.56. The fourth-order valence-electron chi connectivity index (χ4n) is 3.26. The summed E-state index contributed by atoms with van der Waals surface area (Å²) >= 11 is 2.49. The molecule has 0 aliphatic heterocycles. The number of aromatic nitrogens is 1. The molecule has 2 amide bonds. The number of nitrogens with one attached hydrogen (secondary N) is 3. The predicted molar refractivity (Wildman–Crippen MR) is 135 cm³/mol. The third-order valence-electron chi connectivity index (χ3n) is 4.82. The summed E-state index contributed by atoms with van der Waals surface area (Å²) in [6, 6.07) is 7.51. The first-order valence-corrected chi connectivity index (χ1v) is 14.6. The molecular weight excluding hydrogens is 500 g/mol. The second kappa shape index (κ2) is 13.0. The molecule has 13 heteroatoms. The molecule has 4 atom stereocenters. The highest BCUT2D eigenvalue weighted by molar-refractivity contribution is 7.98. The number of aliphatic hydroxyl groups excluding tert-OH is 2. The third kappa shape index (κ3) is 9.22. The predicted octanol–water partition coefficient (Wildman–Crippen LogP) is 0.835. The van der Waals surface area contributed by atoms with E-state index in [0.717, 1.165) is 23.2 Å². The molecule has 1 aromatic carbocycles. The number of carbonyl (C=O) groups excluding carboxylic acids is 2. The van der Waals surface area contributed by atoms with Gasteiger partial charge in [-0.1, -0.05) is 30.3 Å². The highest BCUT2D eigenvalue weighted by Gasteiger charge is 2.34. The number of sulfonamides is 1. The Kier molecular flexibility index (Phi) is 10.8. The minimum atomic E-state index is -3.55. The number of hydrogen-bond donors (Lipinski definition) is 5. The van der Waals surface area contributed by atoms with Crippen molar-refractivity contribution in [2.45, 2.75) is 44.1 Å². The van der Waals surface area contributed by atoms with Crippen LogP contribution in [0.5, 0.6) is 0 Å². The van der Waals surface area contributed by atoms with Crippen molar-refractivity contribution >= 4 is 50.1 Å². The summed E-state index contributed by atoms with van der Waals surface area (Å²) in [6.07, 6.45) is 0.756. The van der Waals surface area contributed by atoms with Gasteiger partial charge in [0, 0.05) is 12.3 Å². The van der Waals surface area contributed by atoms with Gasteiger partial charge < -0.3 is 20.8 Å². The molecule has 4 unspecified atom stereocenters. The van der Waals surface area contributed by atoms with Crippen LogP contribution in [-0.2, 0) is 21.2 Å². The molecule has 1 aromatic heterocycles. The fraction of sp³-hybridized carbons (Fsp3) is 0.476. The highest BCUT2D eigenvalue weighted by Crippen LogP contribution is 2.18. The minimum Gasteiger partial charge on any atom is -0.388 e. The van der Waals surface area contributed by atoms with Gasteiger partial charge in [-0.3, -0.25) is 14.3 Å². The molecule has 5 N–H and O–H groups in total. The number of thioether (sulfide) groups is 1. The van der Waals surface area contributed by atoms with Gasteiger partial charge in [0.2, 0.25) is 15.9 Å². The molecule has 0 aliphatic rings. The summed E-state index contributed by atoms with van der Waals surface area (Å²) in [7, 11) is -3.55. The second-order valence-electron chi connectivity index (χ2n) is 7.75. The van der Waals surface area contributed by atoms with Gasteiger partial charge in [-0.2, -0.15) is 11.8 Å². The van der Waals surface area contributed by atoms with Crippen molar-refractivity contribution in [2.75, 3.05) is 23.0 Å². The standard InChI is InChI=1S/C21H30N4O6S3/c1-13(26)22-15(9-10-32-2)18(27)19(28)16(11-14-7-5-4-6-8-14)23-20(29)17-12-33-21(24-17)25-34(3,30)31/h4-8,12,15-16,18-19,27-28H,9-11H2,1-3H3,(H,22,26)(H,23,29)(H,24,25). The molecule has 188 valence electrons. The van der Waals surface area contributed by atoms with E-state index < -0.39 is 40.2 Å². The molecule has 0 radical (unpaired) electrons. The normalized spacial score (nSPS) is 15.1. The molecule has 0 saturated carbocycles. The maximum atomic E-state index is 12.9. The monoisotopic (exact) mass is 530 g/mol. The number of anilines is 1. The number of aliphatic hydroxyl groups is 2. The summed E-state index contributed by atoms with van der Waals surface area (Å²) < 4.78 is 25.0. The third-order valence-corrected chi connectivity index (χ3v) is 6.92. The topological polar surface area (TPSA) is 158 Å². The van der Waals surface area contributed by atoms with Gasteiger partial charge in [-0.15, -0.1) is 11.3 Å². The van der Waals surface area contributed by atoms with Gasteiger partial charge in [-0.25, -0.2) is 13.4 Å². The zero-order valence-corrected chi connectivity index (χ0v) is 21.5. The zero-order valence-electron chi connectivity index (χ0n) is 19.1. The first-order valence-electron chi connectivity index (χ1n) is 10.4. The minimum absolute atomic E-state index is 0.0308. The Balaban J connectivity index is 2.24. The number of rotatable bonds is 13. The Morgan fingerprint density at radius 3 is 2.35 bits per heavy atom. The van der Waals surface area contributed by atoms with Crippen LogP contribution in [0.15, 0.2) is 35.7 Å². The van der Waals surface area contributed by atoms with Gasteiger partial charge in [0.25, 0.3) is 5.91 Å². The Hall–Kier alpha value is -2.19. The van der Waals surface area contributed by atoms with E-state index in [1.54, 1.807) is 11.8 Å². The molecule has 0 fully saturated rings. The van der Waals surface area contributed by atoms with Crippen LogP contribution in [0.3, 0.4) is 0 Å². The van der Waals surface area contributed by atoms with E-state index in [4.69, 9.17) is 0 Å². The van der Waals surface area contributed by atoms with Gasteiger partial charge in [-0.05, 0) is 30.4 Å². The number of carbonyl (C=O) groups is 2. The van der Waals surface area contributed by atoms with Crippen LogP contribution in [-0.4, -0.2) is 78.0 Å². The number of amides is 2. The van der Waals surface area contributed by atoms with Crippen molar-refractivity contribution in [1.29, 1.82) is 0 Å². The van der Waals surface area contributed by atoms with Crippen LogP contribution >= 0.6 is 23.1 Å². The zero-order chi connectivity index (χ0) is 25.3. The van der Waals surface area contributed by atoms with E-state index >= 15 is 0 Å². The van der Waals surface area contributed by atoms with Crippen molar-refractivity contribution in [3.05, 3.63) is 47.0 Å². The first kappa shape index (κ1) is 28.1. The summed E-state index contributed by atoms with van der Waals surface area (Å²) in [6.45, 7) is 1.33. The molecule has 0 aliphatic carbocycles. The number of hydrogen-bond acceptors (Lipinski definition) is 9. The summed E-state index contributed by atoms with van der Waals surface area (Å²) in [5.74, 6) is -0.320. The van der Waals surface area contributed by atoms with Gasteiger partial charge in [0.05, 0.1) is 18.3 Å². The van der Waals surface area contributed by atoms with E-state index in [0.29, 0.717) is 12.2 Å². The molecular formula is C21H30N4O6S3. The van der Waals surface area contributed by atoms with Crippen molar-refractivity contribution in [3.8, 4) is 0 Å². The summed E-state index contributed by atoms with van der Waals surface area (Å²) in [4.78, 5) is 28.5. The van der Waals surface area contributed by atoms with Crippen LogP contribution in [0.25, 0.3) is 0 Å². The van der Waals surface area contributed by atoms with Gasteiger partial charge in [0.15, 0.2) is 5.13 Å². The van der Waals surface area contributed by atoms with Crippen LogP contribution in [0.4, 0.5) is 5.13 Å². The Morgan fingerprint density at radius 1 is 1.12 bits per heavy atom. The van der Waals surface area contributed by atoms with E-state index in [-0.39, 0.29) is 23.2 Å². The van der Waals surface area contributed by atoms with Crippen molar-refractivity contribution < 1.29 is 28.2 Å². The average Bonchev–Trinajstić information content (AvgIpc) is 3.22. The van der Waals surface area contributed by atoms with Gasteiger partial charge >= 0.3 is 0 Å². The molecule has 34 heavy (non-hydrogen) atoms. The van der Waals surface area contributed by atoms with E-state index in [1.165, 1.54) is 12.3 Å². The molecule has 10 nitrogen and oxygen atoms in total. The number of thiazole rings is 1. The molecule has 1 heterocycles. The number of benzene rings is 1. The maximum absolute atomic E-state index is 12.9. The van der Waals surface area contributed by atoms with Crippen LogP contribution in [0.1, 0.15) is 29.4 Å². The highest BCUT2D eigenvalue weighted by atomic mass is 32.2. The van der Waals surface area contributed by atoms with Crippen LogP contribution in [0.2, 0.25) is 0 Å². The van der Waals surface area contributed by atoms with E-state index in [2.05, 4.69) is 20.3 Å². The Bertz CT molecular complexity index is 1050. The number of nitrogens with zero attached hydrogens (tertiary/aromatic N) is 1. The first-order chi connectivity index (χ1) is 16.0. The molecule has 0 bridgehead atoms. The Morgan fingerprint density at radius 2 is 1.76 bits per heavy atom. The van der Waals surface area contributed by atoms with Crippen LogP contribution < -0.4 is 15.4 Å². The Labute approximate surface area is 207 Å². The largest absolute Gasteiger partial charge is 0.388 e. The molecule has 0 saturated heterocycles. The van der Waals surface area contributed by atoms with E-state index in [1.807, 2.05) is 36.6 Å². The summed E-state index contributed by atoms with van der Waals surface area (Å²) in [5, 5.41) is 28.8. The second-order valence-corrected chi connectivity index (χ2v) is 11.3. The van der Waals surface area contributed by atoms with Crippen molar-refractivity contribution in [1.82, 2.24) is 15.6 Å². The molecule has 2 rings (SSSR count). The molecule has 0 spiro atoms. The lowest BCUT2D eigenvalue weighted by molar-refractivity contribution is -0.121. The average molecular weight is 531 g/mol. The molecule has 2 aromatic rings. The van der Waals surface area contributed by atoms with E-state index in [9.17, 15) is 28.2 Å². The van der Waals surface area contributed by atoms with Gasteiger partial charge in [0.1, 0.15) is 17.9 Å². The van der Waals surface area contributed by atoms with Crippen molar-refractivity contribution in [2.24, 2.45) is 0 Å². The quantitative estimate of drug-likeness (QED) is 0.255. The lowest BCUT2D eigenvalue weighted by Gasteiger charge is -2.32. The van der Waals surface area contributed by atoms with Crippen molar-refractivity contribution in [3.63, 3.8) is 0 Å². The smallest absolute Gasteiger partial charge is 0.271 e. The fourth-order valence-corrected chi connectivity index (χ4v) is 5.29. The summed E-state index contributed by atoms with van der Waals surface area (Å²) in [5.41, 5.74) is 0.786. The SMILES string of the molecule is CSCCC(NC(C)=O)C(O)C(O)C(Cc1ccccc1)NC(=O)c1csc(NS(C)(=O)=O)n1.